The van der Waals surface area contributed by atoms with Crippen molar-refractivity contribution in [1.29, 1.82) is 0 Å². The fourth-order valence-corrected chi connectivity index (χ4v) is 1.84. The Morgan fingerprint density at radius 3 is 2.76 bits per heavy atom. The zero-order valence-corrected chi connectivity index (χ0v) is 10.7. The second kappa shape index (κ2) is 5.32. The topological polar surface area (TPSA) is 52.3 Å². The van der Waals surface area contributed by atoms with E-state index >= 15 is 0 Å². The lowest BCUT2D eigenvalue weighted by atomic mass is 10.2. The molecule has 1 aromatic heterocycles. The SMILES string of the molecule is O=C(OCc1nc2ccccc2o1)c1ccc(F)cc1F. The highest BCUT2D eigenvalue weighted by Gasteiger charge is 2.15. The maximum Gasteiger partial charge on any atom is 0.341 e. The van der Waals surface area contributed by atoms with Crippen molar-refractivity contribution in [2.75, 3.05) is 0 Å². The molecule has 6 heteroatoms. The van der Waals surface area contributed by atoms with Crippen LogP contribution in [0, 0.1) is 11.6 Å². The van der Waals surface area contributed by atoms with Crippen molar-refractivity contribution in [2.24, 2.45) is 0 Å². The minimum absolute atomic E-state index is 0.201. The van der Waals surface area contributed by atoms with Gasteiger partial charge >= 0.3 is 5.97 Å². The maximum atomic E-state index is 13.4. The van der Waals surface area contributed by atoms with Crippen molar-refractivity contribution in [2.45, 2.75) is 6.61 Å². The Labute approximate surface area is 118 Å². The smallest absolute Gasteiger partial charge is 0.341 e. The van der Waals surface area contributed by atoms with Crippen LogP contribution in [0.15, 0.2) is 46.9 Å². The van der Waals surface area contributed by atoms with Crippen molar-refractivity contribution in [3.05, 3.63) is 65.6 Å². The highest BCUT2D eigenvalue weighted by molar-refractivity contribution is 5.89. The first-order chi connectivity index (χ1) is 10.1. The predicted octanol–water partition coefficient (Wildman–Crippen LogP) is 3.46. The number of nitrogens with zero attached hydrogens (tertiary/aromatic N) is 1. The number of esters is 1. The molecular formula is C15H9F2NO3. The number of fused-ring (bicyclic) bond motifs is 1. The summed E-state index contributed by atoms with van der Waals surface area (Å²) in [7, 11) is 0. The quantitative estimate of drug-likeness (QED) is 0.693. The van der Waals surface area contributed by atoms with Crippen LogP contribution in [0.5, 0.6) is 0 Å². The van der Waals surface area contributed by atoms with Gasteiger partial charge in [-0.2, -0.15) is 0 Å². The van der Waals surface area contributed by atoms with Crippen LogP contribution < -0.4 is 0 Å². The van der Waals surface area contributed by atoms with E-state index in [9.17, 15) is 13.6 Å². The average Bonchev–Trinajstić information content (AvgIpc) is 2.87. The van der Waals surface area contributed by atoms with E-state index in [0.29, 0.717) is 17.2 Å². The largest absolute Gasteiger partial charge is 0.452 e. The lowest BCUT2D eigenvalue weighted by Crippen LogP contribution is -2.08. The molecule has 1 heterocycles. The first kappa shape index (κ1) is 13.2. The Kier molecular flexibility index (Phi) is 3.35. The number of ether oxygens (including phenoxy) is 1. The second-order valence-electron chi connectivity index (χ2n) is 4.28. The van der Waals surface area contributed by atoms with E-state index in [4.69, 9.17) is 9.15 Å². The van der Waals surface area contributed by atoms with Crippen LogP contribution in [-0.4, -0.2) is 11.0 Å². The third kappa shape index (κ3) is 2.74. The molecule has 21 heavy (non-hydrogen) atoms. The Bertz CT molecular complexity index is 781. The van der Waals surface area contributed by atoms with Crippen LogP contribution in [0.25, 0.3) is 11.1 Å². The summed E-state index contributed by atoms with van der Waals surface area (Å²) in [6.45, 7) is -0.232. The van der Waals surface area contributed by atoms with Gasteiger partial charge in [-0.05, 0) is 24.3 Å². The first-order valence-corrected chi connectivity index (χ1v) is 6.10. The summed E-state index contributed by atoms with van der Waals surface area (Å²) in [5.41, 5.74) is 0.862. The van der Waals surface area contributed by atoms with Crippen molar-refractivity contribution in [1.82, 2.24) is 4.98 Å². The van der Waals surface area contributed by atoms with Crippen LogP contribution >= 0.6 is 0 Å². The van der Waals surface area contributed by atoms with Gasteiger partial charge in [0.1, 0.15) is 17.2 Å². The van der Waals surface area contributed by atoms with Gasteiger partial charge in [0.25, 0.3) is 0 Å². The number of aromatic nitrogens is 1. The monoisotopic (exact) mass is 289 g/mol. The Morgan fingerprint density at radius 1 is 1.19 bits per heavy atom. The molecule has 0 aliphatic rings. The van der Waals surface area contributed by atoms with Gasteiger partial charge in [-0.15, -0.1) is 0 Å². The Balaban J connectivity index is 1.73. The molecular weight excluding hydrogens is 280 g/mol. The van der Waals surface area contributed by atoms with E-state index in [0.717, 1.165) is 12.1 Å². The highest BCUT2D eigenvalue weighted by atomic mass is 19.1. The molecule has 0 spiro atoms. The van der Waals surface area contributed by atoms with Gasteiger partial charge in [-0.3, -0.25) is 0 Å². The number of carbonyl (C=O) groups excluding carboxylic acids is 1. The predicted molar refractivity (Wildman–Crippen MR) is 69.5 cm³/mol. The van der Waals surface area contributed by atoms with Crippen molar-refractivity contribution >= 4 is 17.1 Å². The molecule has 0 bridgehead atoms. The molecule has 0 amide bonds. The zero-order valence-electron chi connectivity index (χ0n) is 10.7. The normalized spacial score (nSPS) is 10.8. The Hall–Kier alpha value is -2.76. The van der Waals surface area contributed by atoms with E-state index in [2.05, 4.69) is 4.98 Å². The van der Waals surface area contributed by atoms with Gasteiger partial charge in [0, 0.05) is 6.07 Å². The summed E-state index contributed by atoms with van der Waals surface area (Å²) in [5.74, 6) is -2.44. The lowest BCUT2D eigenvalue weighted by molar-refractivity contribution is 0.0435. The van der Waals surface area contributed by atoms with E-state index in [-0.39, 0.29) is 18.1 Å². The first-order valence-electron chi connectivity index (χ1n) is 6.10. The molecule has 2 aromatic carbocycles. The molecule has 0 radical (unpaired) electrons. The zero-order chi connectivity index (χ0) is 14.8. The van der Waals surface area contributed by atoms with E-state index in [1.54, 1.807) is 24.3 Å². The number of carbonyl (C=O) groups is 1. The van der Waals surface area contributed by atoms with Crippen LogP contribution in [-0.2, 0) is 11.3 Å². The summed E-state index contributed by atoms with van der Waals surface area (Å²) in [4.78, 5) is 15.8. The number of rotatable bonds is 3. The van der Waals surface area contributed by atoms with Crippen molar-refractivity contribution in [3.8, 4) is 0 Å². The van der Waals surface area contributed by atoms with Gasteiger partial charge < -0.3 is 9.15 Å². The average molecular weight is 289 g/mol. The van der Waals surface area contributed by atoms with E-state index in [1.807, 2.05) is 0 Å². The molecule has 0 unspecified atom stereocenters. The lowest BCUT2D eigenvalue weighted by Gasteiger charge is -2.03. The molecule has 0 N–H and O–H groups in total. The van der Waals surface area contributed by atoms with Gasteiger partial charge in [0.2, 0.25) is 5.89 Å². The molecule has 0 saturated carbocycles. The molecule has 0 saturated heterocycles. The van der Waals surface area contributed by atoms with Crippen LogP contribution in [0.3, 0.4) is 0 Å². The third-order valence-electron chi connectivity index (χ3n) is 2.82. The summed E-state index contributed by atoms with van der Waals surface area (Å²) in [6.07, 6.45) is 0. The summed E-state index contributed by atoms with van der Waals surface area (Å²) in [5, 5.41) is 0. The summed E-state index contributed by atoms with van der Waals surface area (Å²) < 4.78 is 36.4. The van der Waals surface area contributed by atoms with E-state index < -0.39 is 17.6 Å². The standard InChI is InChI=1S/C15H9F2NO3/c16-9-5-6-10(11(17)7-9)15(19)20-8-14-18-12-3-1-2-4-13(12)21-14/h1-7H,8H2. The van der Waals surface area contributed by atoms with Gasteiger partial charge in [-0.1, -0.05) is 12.1 Å². The molecule has 0 aliphatic carbocycles. The maximum absolute atomic E-state index is 13.4. The molecule has 4 nitrogen and oxygen atoms in total. The minimum Gasteiger partial charge on any atom is -0.452 e. The van der Waals surface area contributed by atoms with Gasteiger partial charge in [0.15, 0.2) is 12.2 Å². The van der Waals surface area contributed by atoms with E-state index in [1.165, 1.54) is 0 Å². The number of benzene rings is 2. The fourth-order valence-electron chi connectivity index (χ4n) is 1.84. The highest BCUT2D eigenvalue weighted by Crippen LogP contribution is 2.16. The summed E-state index contributed by atoms with van der Waals surface area (Å²) in [6, 6.07) is 9.71. The van der Waals surface area contributed by atoms with Crippen LogP contribution in [0.1, 0.15) is 16.2 Å². The molecule has 106 valence electrons. The molecule has 3 rings (SSSR count). The molecule has 3 aromatic rings. The Morgan fingerprint density at radius 2 is 2.00 bits per heavy atom. The number of para-hydroxylation sites is 2. The molecule has 0 aliphatic heterocycles. The number of oxazole rings is 1. The molecule has 0 atom stereocenters. The van der Waals surface area contributed by atoms with Gasteiger partial charge in [0.05, 0.1) is 5.56 Å². The molecule has 0 fully saturated rings. The minimum atomic E-state index is -0.974. The summed E-state index contributed by atoms with van der Waals surface area (Å²) >= 11 is 0. The number of hydrogen-bond acceptors (Lipinski definition) is 4. The number of hydrogen-bond donors (Lipinski definition) is 0. The second-order valence-corrected chi connectivity index (χ2v) is 4.28. The van der Waals surface area contributed by atoms with Crippen LogP contribution in [0.4, 0.5) is 8.78 Å². The number of halogens is 2. The third-order valence-corrected chi connectivity index (χ3v) is 2.82. The van der Waals surface area contributed by atoms with Gasteiger partial charge in [-0.25, -0.2) is 18.6 Å². The van der Waals surface area contributed by atoms with Crippen molar-refractivity contribution < 1.29 is 22.7 Å². The van der Waals surface area contributed by atoms with Crippen molar-refractivity contribution in [3.63, 3.8) is 0 Å². The van der Waals surface area contributed by atoms with Crippen LogP contribution in [0.2, 0.25) is 0 Å². The fraction of sp³-hybridized carbons (Fsp3) is 0.0667.